The second-order valence-electron chi connectivity index (χ2n) is 2.37. The number of anilines is 1. The molecule has 2 rings (SSSR count). The first-order valence-electron chi connectivity index (χ1n) is 3.54. The van der Waals surface area contributed by atoms with Crippen molar-refractivity contribution in [2.75, 3.05) is 5.73 Å². The molecule has 0 bridgehead atoms. The van der Waals surface area contributed by atoms with Crippen LogP contribution in [-0.4, -0.2) is 19.7 Å². The normalized spacial score (nSPS) is 10.2. The first kappa shape index (κ1) is 7.66. The molecule has 0 atom stereocenters. The fourth-order valence-corrected chi connectivity index (χ4v) is 0.946. The van der Waals surface area contributed by atoms with Crippen LogP contribution in [0.25, 0.3) is 5.69 Å². The summed E-state index contributed by atoms with van der Waals surface area (Å²) in [5.41, 5.74) is 5.56. The first-order valence-corrected chi connectivity index (χ1v) is 3.54. The van der Waals surface area contributed by atoms with Gasteiger partial charge in [-0.15, -0.1) is 5.10 Å². The molecule has 6 heteroatoms. The van der Waals surface area contributed by atoms with Crippen molar-refractivity contribution in [3.8, 4) is 5.69 Å². The minimum absolute atomic E-state index is 0.108. The van der Waals surface area contributed by atoms with Gasteiger partial charge in [0.15, 0.2) is 5.82 Å². The summed E-state index contributed by atoms with van der Waals surface area (Å²) in [5.74, 6) is -0.358. The van der Waals surface area contributed by atoms with Gasteiger partial charge < -0.3 is 5.73 Å². The Morgan fingerprint density at radius 3 is 2.92 bits per heavy atom. The van der Waals surface area contributed by atoms with Gasteiger partial charge in [-0.1, -0.05) is 0 Å². The van der Waals surface area contributed by atoms with Crippen molar-refractivity contribution in [3.05, 3.63) is 30.6 Å². The van der Waals surface area contributed by atoms with Crippen molar-refractivity contribution in [2.45, 2.75) is 0 Å². The molecule has 0 saturated carbocycles. The van der Waals surface area contributed by atoms with Crippen molar-refractivity contribution in [1.82, 2.24) is 19.7 Å². The standard InChI is InChI=1S/C7H6FN5/c8-5-3-10-2-1-6(5)13-4-11-7(9)12-13/h1-4H,(H2,9,12). The number of nitrogens with zero attached hydrogens (tertiary/aromatic N) is 4. The number of pyridine rings is 1. The summed E-state index contributed by atoms with van der Waals surface area (Å²) >= 11 is 0. The molecule has 0 aliphatic carbocycles. The van der Waals surface area contributed by atoms with E-state index < -0.39 is 5.82 Å². The number of hydrogen-bond acceptors (Lipinski definition) is 4. The van der Waals surface area contributed by atoms with E-state index in [2.05, 4.69) is 15.1 Å². The van der Waals surface area contributed by atoms with E-state index in [0.29, 0.717) is 0 Å². The van der Waals surface area contributed by atoms with Crippen LogP contribution in [-0.2, 0) is 0 Å². The fourth-order valence-electron chi connectivity index (χ4n) is 0.946. The average molecular weight is 179 g/mol. The molecule has 2 aromatic heterocycles. The Morgan fingerprint density at radius 1 is 1.46 bits per heavy atom. The molecule has 0 radical (unpaired) electrons. The number of nitrogens with two attached hydrogens (primary N) is 1. The molecule has 0 amide bonds. The molecule has 0 saturated heterocycles. The molecule has 2 N–H and O–H groups in total. The van der Waals surface area contributed by atoms with Crippen LogP contribution in [0.1, 0.15) is 0 Å². The number of hydrogen-bond donors (Lipinski definition) is 1. The smallest absolute Gasteiger partial charge is 0.239 e. The van der Waals surface area contributed by atoms with Crippen LogP contribution < -0.4 is 5.73 Å². The zero-order chi connectivity index (χ0) is 9.26. The number of rotatable bonds is 1. The summed E-state index contributed by atoms with van der Waals surface area (Å²) in [5, 5.41) is 3.76. The van der Waals surface area contributed by atoms with Crippen molar-refractivity contribution in [3.63, 3.8) is 0 Å². The van der Waals surface area contributed by atoms with Gasteiger partial charge in [-0.25, -0.2) is 14.1 Å². The van der Waals surface area contributed by atoms with Crippen LogP contribution in [0.2, 0.25) is 0 Å². The summed E-state index contributed by atoms with van der Waals surface area (Å²) < 4.78 is 14.3. The highest BCUT2D eigenvalue weighted by atomic mass is 19.1. The quantitative estimate of drug-likeness (QED) is 0.687. The van der Waals surface area contributed by atoms with Crippen molar-refractivity contribution in [2.24, 2.45) is 0 Å². The Hall–Kier alpha value is -1.98. The maximum atomic E-state index is 13.1. The van der Waals surface area contributed by atoms with E-state index in [1.807, 2.05) is 0 Å². The van der Waals surface area contributed by atoms with Crippen molar-refractivity contribution < 1.29 is 4.39 Å². The molecule has 66 valence electrons. The Kier molecular flexibility index (Phi) is 1.66. The molecule has 0 fully saturated rings. The summed E-state index contributed by atoms with van der Waals surface area (Å²) in [4.78, 5) is 7.29. The second kappa shape index (κ2) is 2.81. The Balaban J connectivity index is 2.52. The first-order chi connectivity index (χ1) is 6.27. The number of halogens is 1. The van der Waals surface area contributed by atoms with E-state index in [1.54, 1.807) is 0 Å². The topological polar surface area (TPSA) is 69.6 Å². The van der Waals surface area contributed by atoms with Crippen molar-refractivity contribution in [1.29, 1.82) is 0 Å². The lowest BCUT2D eigenvalue weighted by molar-refractivity contribution is 0.604. The molecular formula is C7H6FN5. The van der Waals surface area contributed by atoms with Crippen molar-refractivity contribution >= 4 is 5.95 Å². The molecule has 0 aliphatic heterocycles. The average Bonchev–Trinajstić information content (AvgIpc) is 2.53. The zero-order valence-electron chi connectivity index (χ0n) is 6.55. The van der Waals surface area contributed by atoms with Gasteiger partial charge in [-0.05, 0) is 6.07 Å². The van der Waals surface area contributed by atoms with E-state index in [0.717, 1.165) is 6.20 Å². The largest absolute Gasteiger partial charge is 0.366 e. The SMILES string of the molecule is Nc1ncn(-c2ccncc2F)n1. The van der Waals surface area contributed by atoms with Crippen LogP contribution in [0.4, 0.5) is 10.3 Å². The Labute approximate surface area is 73.0 Å². The third-order valence-electron chi connectivity index (χ3n) is 1.51. The molecule has 0 unspecified atom stereocenters. The Morgan fingerprint density at radius 2 is 2.31 bits per heavy atom. The highest BCUT2D eigenvalue weighted by molar-refractivity contribution is 5.30. The van der Waals surface area contributed by atoms with E-state index in [9.17, 15) is 4.39 Å². The lowest BCUT2D eigenvalue weighted by Crippen LogP contribution is -1.99. The third-order valence-corrected chi connectivity index (χ3v) is 1.51. The van der Waals surface area contributed by atoms with Gasteiger partial charge in [0.25, 0.3) is 0 Å². The van der Waals surface area contributed by atoms with Crippen LogP contribution in [0.5, 0.6) is 0 Å². The molecule has 13 heavy (non-hydrogen) atoms. The number of nitrogen functional groups attached to an aromatic ring is 1. The van der Waals surface area contributed by atoms with E-state index in [-0.39, 0.29) is 11.6 Å². The van der Waals surface area contributed by atoms with Gasteiger partial charge in [0.2, 0.25) is 5.95 Å². The van der Waals surface area contributed by atoms with Crippen LogP contribution in [0, 0.1) is 5.82 Å². The van der Waals surface area contributed by atoms with Gasteiger partial charge in [0, 0.05) is 6.20 Å². The highest BCUT2D eigenvalue weighted by Gasteiger charge is 2.04. The summed E-state index contributed by atoms with van der Waals surface area (Å²) in [7, 11) is 0. The van der Waals surface area contributed by atoms with E-state index in [4.69, 9.17) is 5.73 Å². The fraction of sp³-hybridized carbons (Fsp3) is 0. The predicted octanol–water partition coefficient (Wildman–Crippen LogP) is 0.384. The highest BCUT2D eigenvalue weighted by Crippen LogP contribution is 2.09. The second-order valence-corrected chi connectivity index (χ2v) is 2.37. The maximum Gasteiger partial charge on any atom is 0.239 e. The lowest BCUT2D eigenvalue weighted by Gasteiger charge is -1.99. The summed E-state index contributed by atoms with van der Waals surface area (Å²) in [6.07, 6.45) is 3.91. The minimum atomic E-state index is -0.465. The van der Waals surface area contributed by atoms with E-state index in [1.165, 1.54) is 23.3 Å². The monoisotopic (exact) mass is 179 g/mol. The molecule has 5 nitrogen and oxygen atoms in total. The molecule has 0 aromatic carbocycles. The van der Waals surface area contributed by atoms with Gasteiger partial charge >= 0.3 is 0 Å². The zero-order valence-corrected chi connectivity index (χ0v) is 6.55. The molecular weight excluding hydrogens is 173 g/mol. The molecule has 0 spiro atoms. The van der Waals surface area contributed by atoms with Gasteiger partial charge in [0.05, 0.1) is 6.20 Å². The molecule has 0 aliphatic rings. The third kappa shape index (κ3) is 1.33. The summed E-state index contributed by atoms with van der Waals surface area (Å²) in [6.45, 7) is 0. The maximum absolute atomic E-state index is 13.1. The van der Waals surface area contributed by atoms with Gasteiger partial charge in [-0.2, -0.15) is 0 Å². The van der Waals surface area contributed by atoms with Gasteiger partial charge in [-0.3, -0.25) is 4.98 Å². The molecule has 2 heterocycles. The summed E-state index contributed by atoms with van der Waals surface area (Å²) in [6, 6.07) is 1.49. The predicted molar refractivity (Wildman–Crippen MR) is 43.5 cm³/mol. The van der Waals surface area contributed by atoms with Crippen LogP contribution in [0.3, 0.4) is 0 Å². The van der Waals surface area contributed by atoms with Crippen LogP contribution >= 0.6 is 0 Å². The lowest BCUT2D eigenvalue weighted by atomic mass is 10.4. The van der Waals surface area contributed by atoms with Gasteiger partial charge in [0.1, 0.15) is 12.0 Å². The van der Waals surface area contributed by atoms with E-state index >= 15 is 0 Å². The minimum Gasteiger partial charge on any atom is -0.366 e. The van der Waals surface area contributed by atoms with Crippen LogP contribution in [0.15, 0.2) is 24.8 Å². The Bertz CT molecular complexity index is 424. The number of aromatic nitrogens is 4. The molecule has 2 aromatic rings.